The lowest BCUT2D eigenvalue weighted by atomic mass is 10.1. The molecule has 4 N–H and O–H groups in total. The molecule has 0 fully saturated rings. The van der Waals surface area contributed by atoms with E-state index < -0.39 is 0 Å². The number of hydrogen-bond acceptors (Lipinski definition) is 3. The third-order valence-electron chi connectivity index (χ3n) is 2.79. The second kappa shape index (κ2) is 8.40. The summed E-state index contributed by atoms with van der Waals surface area (Å²) in [5.41, 5.74) is 12.1. The molecule has 0 saturated heterocycles. The topological polar surface area (TPSA) is 72.3 Å². The molecule has 1 rings (SSSR count). The van der Waals surface area contributed by atoms with Crippen LogP contribution in [0.15, 0.2) is 18.2 Å². The van der Waals surface area contributed by atoms with Gasteiger partial charge < -0.3 is 11.5 Å². The number of rotatable bonds is 6. The van der Waals surface area contributed by atoms with Crippen LogP contribution in [0.1, 0.15) is 25.0 Å². The Morgan fingerprint density at radius 3 is 2.71 bits per heavy atom. The average molecular weight is 291 g/mol. The van der Waals surface area contributed by atoms with E-state index in [1.54, 1.807) is 6.07 Å². The summed E-state index contributed by atoms with van der Waals surface area (Å²) in [5.74, 6) is 5.26. The van der Waals surface area contributed by atoms with Crippen LogP contribution in [0.5, 0.6) is 0 Å². The summed E-state index contributed by atoms with van der Waals surface area (Å²) in [6.45, 7) is 5.73. The van der Waals surface area contributed by atoms with Gasteiger partial charge in [0.25, 0.3) is 0 Å². The minimum Gasteiger partial charge on any atom is -0.369 e. The van der Waals surface area contributed by atoms with Crippen molar-refractivity contribution in [2.75, 3.05) is 19.6 Å². The first-order valence-corrected chi connectivity index (χ1v) is 6.90. The van der Waals surface area contributed by atoms with E-state index in [0.29, 0.717) is 18.0 Å². The number of carbonyl (C=O) groups excluding carboxylic acids is 1. The highest BCUT2D eigenvalue weighted by Gasteiger charge is 2.13. The molecule has 0 radical (unpaired) electrons. The van der Waals surface area contributed by atoms with E-state index in [-0.39, 0.29) is 24.8 Å². The van der Waals surface area contributed by atoms with Gasteiger partial charge in [0, 0.05) is 18.7 Å². The van der Waals surface area contributed by atoms with E-state index in [1.165, 1.54) is 12.1 Å². The highest BCUT2D eigenvalue weighted by Crippen LogP contribution is 2.14. The maximum absolute atomic E-state index is 13.3. The molecule has 4 nitrogen and oxygen atoms in total. The molecular weight excluding hydrogens is 269 g/mol. The second-order valence-corrected chi connectivity index (χ2v) is 5.34. The van der Waals surface area contributed by atoms with E-state index in [1.807, 2.05) is 4.90 Å². The maximum Gasteiger partial charge on any atom is 0.231 e. The van der Waals surface area contributed by atoms with Crippen molar-refractivity contribution in [3.8, 4) is 11.8 Å². The fourth-order valence-corrected chi connectivity index (χ4v) is 2.11. The Morgan fingerprint density at radius 1 is 1.43 bits per heavy atom. The first-order valence-electron chi connectivity index (χ1n) is 6.90. The van der Waals surface area contributed by atoms with Crippen molar-refractivity contribution in [2.45, 2.75) is 20.4 Å². The van der Waals surface area contributed by atoms with Crippen LogP contribution in [-0.2, 0) is 11.3 Å². The van der Waals surface area contributed by atoms with Gasteiger partial charge in [0.05, 0.1) is 13.1 Å². The van der Waals surface area contributed by atoms with Crippen LogP contribution in [0.25, 0.3) is 0 Å². The van der Waals surface area contributed by atoms with E-state index in [0.717, 1.165) is 12.1 Å². The highest BCUT2D eigenvalue weighted by molar-refractivity contribution is 5.75. The molecule has 1 aromatic rings. The Bertz CT molecular complexity index is 546. The molecule has 0 unspecified atom stereocenters. The summed E-state index contributed by atoms with van der Waals surface area (Å²) in [5, 5.41) is 0. The summed E-state index contributed by atoms with van der Waals surface area (Å²) in [7, 11) is 0. The molecule has 0 aliphatic heterocycles. The molecular formula is C16H22FN3O. The van der Waals surface area contributed by atoms with Crippen LogP contribution >= 0.6 is 0 Å². The highest BCUT2D eigenvalue weighted by atomic mass is 19.1. The molecule has 0 heterocycles. The number of carbonyl (C=O) groups is 1. The summed E-state index contributed by atoms with van der Waals surface area (Å²) in [6.07, 6.45) is 0. The van der Waals surface area contributed by atoms with Crippen LogP contribution in [0.4, 0.5) is 4.39 Å². The largest absolute Gasteiger partial charge is 0.369 e. The molecule has 114 valence electrons. The number of halogens is 1. The van der Waals surface area contributed by atoms with E-state index in [9.17, 15) is 9.18 Å². The number of nitrogens with zero attached hydrogens (tertiary/aromatic N) is 1. The van der Waals surface area contributed by atoms with Gasteiger partial charge in [-0.1, -0.05) is 31.8 Å². The minimum absolute atomic E-state index is 0.166. The van der Waals surface area contributed by atoms with Crippen molar-refractivity contribution in [1.82, 2.24) is 4.90 Å². The SMILES string of the molecule is CC(C)CN(CC(N)=O)Cc1ccc(F)cc1C#CCN. The van der Waals surface area contributed by atoms with Crippen LogP contribution < -0.4 is 11.5 Å². The molecule has 0 spiro atoms. The quantitative estimate of drug-likeness (QED) is 0.770. The summed E-state index contributed by atoms with van der Waals surface area (Å²) in [4.78, 5) is 13.1. The van der Waals surface area contributed by atoms with E-state index >= 15 is 0 Å². The van der Waals surface area contributed by atoms with Gasteiger partial charge in [-0.05, 0) is 23.6 Å². The Morgan fingerprint density at radius 2 is 2.14 bits per heavy atom. The molecule has 0 saturated carbocycles. The minimum atomic E-state index is -0.382. The van der Waals surface area contributed by atoms with Gasteiger partial charge >= 0.3 is 0 Å². The molecule has 21 heavy (non-hydrogen) atoms. The Hall–Kier alpha value is -1.90. The van der Waals surface area contributed by atoms with Crippen LogP contribution in [0.3, 0.4) is 0 Å². The molecule has 1 aromatic carbocycles. The monoisotopic (exact) mass is 291 g/mol. The predicted molar refractivity (Wildman–Crippen MR) is 81.6 cm³/mol. The fraction of sp³-hybridized carbons (Fsp3) is 0.438. The van der Waals surface area contributed by atoms with Crippen LogP contribution in [0.2, 0.25) is 0 Å². The van der Waals surface area contributed by atoms with Crippen molar-refractivity contribution >= 4 is 5.91 Å². The zero-order valence-electron chi connectivity index (χ0n) is 12.5. The fourth-order valence-electron chi connectivity index (χ4n) is 2.11. The lowest BCUT2D eigenvalue weighted by Gasteiger charge is -2.23. The second-order valence-electron chi connectivity index (χ2n) is 5.34. The summed E-state index contributed by atoms with van der Waals surface area (Å²) in [6, 6.07) is 4.46. The number of hydrogen-bond donors (Lipinski definition) is 2. The zero-order chi connectivity index (χ0) is 15.8. The van der Waals surface area contributed by atoms with Gasteiger partial charge in [0.2, 0.25) is 5.91 Å². The molecule has 0 atom stereocenters. The van der Waals surface area contributed by atoms with Gasteiger partial charge in [0.1, 0.15) is 5.82 Å². The number of amides is 1. The van der Waals surface area contributed by atoms with E-state index in [2.05, 4.69) is 25.7 Å². The first kappa shape index (κ1) is 17.2. The van der Waals surface area contributed by atoms with E-state index in [4.69, 9.17) is 11.5 Å². The zero-order valence-corrected chi connectivity index (χ0v) is 12.5. The van der Waals surface area contributed by atoms with Crippen molar-refractivity contribution in [1.29, 1.82) is 0 Å². The molecule has 1 amide bonds. The number of benzene rings is 1. The van der Waals surface area contributed by atoms with Crippen LogP contribution in [0, 0.1) is 23.6 Å². The van der Waals surface area contributed by atoms with Crippen molar-refractivity contribution in [3.05, 3.63) is 35.1 Å². The van der Waals surface area contributed by atoms with Gasteiger partial charge in [-0.15, -0.1) is 0 Å². The predicted octanol–water partition coefficient (Wildman–Crippen LogP) is 1.08. The molecule has 0 aliphatic carbocycles. The molecule has 5 heteroatoms. The third-order valence-corrected chi connectivity index (χ3v) is 2.79. The van der Waals surface area contributed by atoms with Gasteiger partial charge in [-0.3, -0.25) is 9.69 Å². The normalized spacial score (nSPS) is 10.6. The Labute approximate surface area is 125 Å². The molecule has 0 bridgehead atoms. The standard InChI is InChI=1S/C16H22FN3O/c1-12(2)9-20(11-16(19)21)10-14-5-6-15(17)8-13(14)4-3-7-18/h5-6,8,12H,7,9-11,18H2,1-2H3,(H2,19,21). The van der Waals surface area contributed by atoms with Gasteiger partial charge in [-0.25, -0.2) is 4.39 Å². The van der Waals surface area contributed by atoms with Crippen LogP contribution in [-0.4, -0.2) is 30.4 Å². The lowest BCUT2D eigenvalue weighted by molar-refractivity contribution is -0.119. The number of nitrogens with two attached hydrogens (primary N) is 2. The average Bonchev–Trinajstić information content (AvgIpc) is 2.37. The van der Waals surface area contributed by atoms with Crippen molar-refractivity contribution < 1.29 is 9.18 Å². The molecule has 0 aliphatic rings. The van der Waals surface area contributed by atoms with Gasteiger partial charge in [0.15, 0.2) is 0 Å². The summed E-state index contributed by atoms with van der Waals surface area (Å²) >= 11 is 0. The summed E-state index contributed by atoms with van der Waals surface area (Å²) < 4.78 is 13.3. The van der Waals surface area contributed by atoms with Crippen molar-refractivity contribution in [3.63, 3.8) is 0 Å². The lowest BCUT2D eigenvalue weighted by Crippen LogP contribution is -2.36. The Kier molecular flexibility index (Phi) is 6.86. The first-order chi connectivity index (χ1) is 9.92. The maximum atomic E-state index is 13.3. The third kappa shape index (κ3) is 6.39. The Balaban J connectivity index is 2.98. The smallest absolute Gasteiger partial charge is 0.231 e. The number of primary amides is 1. The molecule has 0 aromatic heterocycles. The van der Waals surface area contributed by atoms with Gasteiger partial charge in [-0.2, -0.15) is 0 Å². The van der Waals surface area contributed by atoms with Crippen molar-refractivity contribution in [2.24, 2.45) is 17.4 Å².